The van der Waals surface area contributed by atoms with E-state index in [4.69, 9.17) is 4.42 Å². The predicted molar refractivity (Wildman–Crippen MR) is 139 cm³/mol. The third-order valence-electron chi connectivity index (χ3n) is 6.63. The van der Waals surface area contributed by atoms with Gasteiger partial charge in [0.15, 0.2) is 0 Å². The van der Waals surface area contributed by atoms with Crippen LogP contribution in [0.25, 0.3) is 27.5 Å². The van der Waals surface area contributed by atoms with Gasteiger partial charge in [-0.25, -0.2) is 0 Å². The van der Waals surface area contributed by atoms with E-state index in [1.165, 1.54) is 21.6 Å². The molecule has 0 radical (unpaired) electrons. The summed E-state index contributed by atoms with van der Waals surface area (Å²) < 4.78 is 6.09. The summed E-state index contributed by atoms with van der Waals surface area (Å²) in [6.45, 7) is 0. The minimum atomic E-state index is 0.441. The number of hydrogen-bond acceptors (Lipinski definition) is 3. The zero-order valence-corrected chi connectivity index (χ0v) is 18.7. The number of thioether (sulfide) groups is 1. The first kappa shape index (κ1) is 18.8. The van der Waals surface area contributed by atoms with Gasteiger partial charge in [0.25, 0.3) is 0 Å². The molecule has 1 aliphatic carbocycles. The molecule has 158 valence electrons. The molecular weight excluding hydrogens is 422 g/mol. The third kappa shape index (κ3) is 3.04. The fourth-order valence-electron chi connectivity index (χ4n) is 5.10. The smallest absolute Gasteiger partial charge is 0.137 e. The molecule has 0 saturated heterocycles. The van der Waals surface area contributed by atoms with Gasteiger partial charge in [0.1, 0.15) is 11.2 Å². The van der Waals surface area contributed by atoms with E-state index >= 15 is 0 Å². The number of para-hydroxylation sites is 2. The van der Waals surface area contributed by atoms with Crippen molar-refractivity contribution in [2.24, 2.45) is 0 Å². The number of rotatable bonds is 3. The highest BCUT2D eigenvalue weighted by molar-refractivity contribution is 8.00. The molecule has 2 unspecified atom stereocenters. The molecule has 7 rings (SSSR count). The lowest BCUT2D eigenvalue weighted by molar-refractivity contribution is 0.669. The average Bonchev–Trinajstić information content (AvgIpc) is 3.42. The minimum absolute atomic E-state index is 0.441. The zero-order chi connectivity index (χ0) is 21.8. The minimum Gasteiger partial charge on any atom is -0.456 e. The lowest BCUT2D eigenvalue weighted by Crippen LogP contribution is -2.09. The molecule has 0 spiro atoms. The van der Waals surface area contributed by atoms with Crippen molar-refractivity contribution in [3.8, 4) is 0 Å². The van der Waals surface area contributed by atoms with E-state index in [-0.39, 0.29) is 0 Å². The lowest BCUT2D eigenvalue weighted by atomic mass is 9.88. The first-order valence-electron chi connectivity index (χ1n) is 11.3. The number of anilines is 2. The van der Waals surface area contributed by atoms with E-state index in [1.807, 2.05) is 36.0 Å². The summed E-state index contributed by atoms with van der Waals surface area (Å²) in [4.78, 5) is 1.40. The first-order valence-corrected chi connectivity index (χ1v) is 12.2. The molecule has 1 N–H and O–H groups in total. The molecule has 1 aliphatic heterocycles. The number of fused-ring (bicyclic) bond motifs is 6. The summed E-state index contributed by atoms with van der Waals surface area (Å²) in [5.74, 6) is 0.459. The molecule has 33 heavy (non-hydrogen) atoms. The Bertz CT molecular complexity index is 1590. The predicted octanol–water partition coefficient (Wildman–Crippen LogP) is 8.54. The SMILES string of the molecule is C1=CC2c3ccccc3SC2C=C1c1ccccc1Nc1cccc2oc3ccccc3c12. The zero-order valence-electron chi connectivity index (χ0n) is 17.9. The van der Waals surface area contributed by atoms with Gasteiger partial charge in [0, 0.05) is 32.7 Å². The van der Waals surface area contributed by atoms with E-state index in [1.54, 1.807) is 0 Å². The van der Waals surface area contributed by atoms with Gasteiger partial charge >= 0.3 is 0 Å². The van der Waals surface area contributed by atoms with Gasteiger partial charge in [0.05, 0.1) is 11.1 Å². The molecule has 5 aromatic rings. The van der Waals surface area contributed by atoms with Crippen LogP contribution in [0.15, 0.2) is 119 Å². The Balaban J connectivity index is 1.29. The molecule has 2 heterocycles. The molecule has 2 aliphatic rings. The molecule has 3 heteroatoms. The second-order valence-corrected chi connectivity index (χ2v) is 9.79. The van der Waals surface area contributed by atoms with E-state index in [9.17, 15) is 0 Å². The van der Waals surface area contributed by atoms with Crippen LogP contribution in [0.2, 0.25) is 0 Å². The molecule has 0 fully saturated rings. The number of nitrogens with one attached hydrogen (secondary N) is 1. The quantitative estimate of drug-likeness (QED) is 0.302. The summed E-state index contributed by atoms with van der Waals surface area (Å²) in [6, 6.07) is 31.8. The molecule has 0 amide bonds. The largest absolute Gasteiger partial charge is 0.456 e. The standard InChI is InChI=1S/C30H21NOS/c1-4-11-24(31-25-12-7-14-27-30(25)23-10-2-5-13-26(23)32-27)20(8-1)19-16-17-22-21-9-3-6-15-28(21)33-29(22)18-19/h1-18,22,29,31H. The molecule has 4 aromatic carbocycles. The Morgan fingerprint density at radius 3 is 2.52 bits per heavy atom. The van der Waals surface area contributed by atoms with Gasteiger partial charge in [-0.3, -0.25) is 0 Å². The van der Waals surface area contributed by atoms with Gasteiger partial charge in [-0.1, -0.05) is 78.9 Å². The van der Waals surface area contributed by atoms with Crippen molar-refractivity contribution in [3.63, 3.8) is 0 Å². The maximum atomic E-state index is 6.09. The van der Waals surface area contributed by atoms with E-state index in [2.05, 4.69) is 90.3 Å². The normalized spacial score (nSPS) is 18.8. The van der Waals surface area contributed by atoms with Gasteiger partial charge in [0.2, 0.25) is 0 Å². The summed E-state index contributed by atoms with van der Waals surface area (Å²) in [7, 11) is 0. The van der Waals surface area contributed by atoms with Crippen LogP contribution in [0.4, 0.5) is 11.4 Å². The molecule has 1 aromatic heterocycles. The fourth-order valence-corrected chi connectivity index (χ4v) is 6.49. The van der Waals surface area contributed by atoms with Crippen LogP contribution in [-0.2, 0) is 0 Å². The van der Waals surface area contributed by atoms with Crippen molar-refractivity contribution in [2.75, 3.05) is 5.32 Å². The van der Waals surface area contributed by atoms with Crippen molar-refractivity contribution in [1.29, 1.82) is 0 Å². The summed E-state index contributed by atoms with van der Waals surface area (Å²) in [5, 5.41) is 6.42. The summed E-state index contributed by atoms with van der Waals surface area (Å²) in [5.41, 5.74) is 7.91. The highest BCUT2D eigenvalue weighted by Gasteiger charge is 2.32. The molecular formula is C30H21NOS. The first-order chi connectivity index (χ1) is 16.3. The average molecular weight is 444 g/mol. The van der Waals surface area contributed by atoms with E-state index in [0.29, 0.717) is 11.2 Å². The Labute approximate surface area is 196 Å². The van der Waals surface area contributed by atoms with Gasteiger partial charge in [-0.05, 0) is 41.5 Å². The fraction of sp³-hybridized carbons (Fsp3) is 0.0667. The van der Waals surface area contributed by atoms with Crippen LogP contribution >= 0.6 is 11.8 Å². The van der Waals surface area contributed by atoms with Crippen molar-refractivity contribution in [3.05, 3.63) is 120 Å². The number of hydrogen-bond donors (Lipinski definition) is 1. The van der Waals surface area contributed by atoms with E-state index < -0.39 is 0 Å². The van der Waals surface area contributed by atoms with Crippen molar-refractivity contribution < 1.29 is 4.42 Å². The topological polar surface area (TPSA) is 25.2 Å². The number of allylic oxidation sites excluding steroid dienone is 3. The second kappa shape index (κ2) is 7.43. The highest BCUT2D eigenvalue weighted by atomic mass is 32.2. The van der Waals surface area contributed by atoms with Crippen LogP contribution in [0.5, 0.6) is 0 Å². The molecule has 2 nitrogen and oxygen atoms in total. The highest BCUT2D eigenvalue weighted by Crippen LogP contribution is 2.50. The van der Waals surface area contributed by atoms with Gasteiger partial charge in [-0.2, -0.15) is 0 Å². The number of furan rings is 1. The van der Waals surface area contributed by atoms with Gasteiger partial charge < -0.3 is 9.73 Å². The third-order valence-corrected chi connectivity index (χ3v) is 7.96. The van der Waals surface area contributed by atoms with Crippen LogP contribution < -0.4 is 5.32 Å². The number of benzene rings is 4. The van der Waals surface area contributed by atoms with Crippen LogP contribution in [-0.4, -0.2) is 5.25 Å². The maximum Gasteiger partial charge on any atom is 0.137 e. The maximum absolute atomic E-state index is 6.09. The molecule has 0 bridgehead atoms. The molecule has 0 saturated carbocycles. The van der Waals surface area contributed by atoms with Crippen molar-refractivity contribution in [2.45, 2.75) is 16.1 Å². The lowest BCUT2D eigenvalue weighted by Gasteiger charge is -2.21. The summed E-state index contributed by atoms with van der Waals surface area (Å²) in [6.07, 6.45) is 7.10. The van der Waals surface area contributed by atoms with Crippen molar-refractivity contribution >= 4 is 50.6 Å². The van der Waals surface area contributed by atoms with Crippen LogP contribution in [0, 0.1) is 0 Å². The van der Waals surface area contributed by atoms with E-state index in [0.717, 1.165) is 33.3 Å². The Morgan fingerprint density at radius 1 is 0.727 bits per heavy atom. The van der Waals surface area contributed by atoms with Crippen molar-refractivity contribution in [1.82, 2.24) is 0 Å². The van der Waals surface area contributed by atoms with Crippen LogP contribution in [0.3, 0.4) is 0 Å². The monoisotopic (exact) mass is 443 g/mol. The van der Waals surface area contributed by atoms with Gasteiger partial charge in [-0.15, -0.1) is 11.8 Å². The summed E-state index contributed by atoms with van der Waals surface area (Å²) >= 11 is 1.97. The second-order valence-electron chi connectivity index (χ2n) is 8.57. The molecule has 2 atom stereocenters. The van der Waals surface area contributed by atoms with Crippen LogP contribution in [0.1, 0.15) is 17.0 Å². The Morgan fingerprint density at radius 2 is 1.52 bits per heavy atom. The Hall–Kier alpha value is -3.69. The Kier molecular flexibility index (Phi) is 4.24.